The lowest BCUT2D eigenvalue weighted by atomic mass is 10.0. The molecule has 0 heterocycles. The number of nitrogens with one attached hydrogen (secondary N) is 1. The maximum absolute atomic E-state index is 10.2. The van der Waals surface area contributed by atoms with Gasteiger partial charge in [0.15, 0.2) is 0 Å². The summed E-state index contributed by atoms with van der Waals surface area (Å²) >= 11 is 0. The number of aliphatic hydroxyl groups is 1. The Bertz CT molecular complexity index is 155. The largest absolute Gasteiger partial charge is 0.481 e. The van der Waals surface area contributed by atoms with E-state index in [4.69, 9.17) is 10.2 Å². The number of hydrogen-bond donors (Lipinski definition) is 3. The minimum atomic E-state index is -0.774. The lowest BCUT2D eigenvalue weighted by molar-refractivity contribution is -0.137. The number of aliphatic carboxylic acids is 1. The number of aliphatic hydroxyl groups excluding tert-OH is 1. The molecule has 0 rings (SSSR count). The van der Waals surface area contributed by atoms with E-state index in [-0.39, 0.29) is 18.6 Å². The van der Waals surface area contributed by atoms with E-state index in [0.717, 1.165) is 6.42 Å². The molecule has 3 N–H and O–H groups in total. The highest BCUT2D eigenvalue weighted by Gasteiger charge is 2.18. The summed E-state index contributed by atoms with van der Waals surface area (Å²) in [4.78, 5) is 10.2. The van der Waals surface area contributed by atoms with Gasteiger partial charge in [-0.2, -0.15) is 0 Å². The fraction of sp³-hybridized carbons (Fsp3) is 0.889. The molecule has 0 aliphatic heterocycles. The second-order valence-corrected chi connectivity index (χ2v) is 3.50. The topological polar surface area (TPSA) is 69.6 Å². The third-order valence-corrected chi connectivity index (χ3v) is 2.25. The number of hydrogen-bond acceptors (Lipinski definition) is 3. The molecule has 0 amide bonds. The van der Waals surface area contributed by atoms with Crippen molar-refractivity contribution in [1.29, 1.82) is 0 Å². The molecule has 0 aromatic carbocycles. The van der Waals surface area contributed by atoms with Gasteiger partial charge in [0.2, 0.25) is 0 Å². The second kappa shape index (κ2) is 5.94. The first-order valence-electron chi connectivity index (χ1n) is 4.62. The predicted octanol–water partition coefficient (Wildman–Crippen LogP) is 0.602. The lowest BCUT2D eigenvalue weighted by Gasteiger charge is -2.27. The van der Waals surface area contributed by atoms with E-state index in [0.29, 0.717) is 13.0 Å². The van der Waals surface area contributed by atoms with Crippen LogP contribution in [0.5, 0.6) is 0 Å². The zero-order chi connectivity index (χ0) is 10.3. The minimum Gasteiger partial charge on any atom is -0.481 e. The van der Waals surface area contributed by atoms with Crippen LogP contribution in [-0.2, 0) is 4.79 Å². The van der Waals surface area contributed by atoms with Gasteiger partial charge in [0.05, 0.1) is 6.61 Å². The van der Waals surface area contributed by atoms with Gasteiger partial charge in [0.1, 0.15) is 0 Å². The minimum absolute atomic E-state index is 0.0799. The molecule has 0 fully saturated rings. The molecule has 1 atom stereocenters. The van der Waals surface area contributed by atoms with Crippen LogP contribution < -0.4 is 5.32 Å². The van der Waals surface area contributed by atoms with E-state index in [9.17, 15) is 4.79 Å². The van der Waals surface area contributed by atoms with Crippen molar-refractivity contribution in [2.24, 2.45) is 0 Å². The Morgan fingerprint density at radius 1 is 1.54 bits per heavy atom. The van der Waals surface area contributed by atoms with Crippen LogP contribution in [0.25, 0.3) is 0 Å². The number of rotatable bonds is 7. The van der Waals surface area contributed by atoms with Crippen LogP contribution in [0.1, 0.15) is 33.1 Å². The smallest absolute Gasteiger partial charge is 0.303 e. The predicted molar refractivity (Wildman–Crippen MR) is 50.7 cm³/mol. The van der Waals surface area contributed by atoms with Crippen molar-refractivity contribution in [2.75, 3.05) is 13.2 Å². The molecule has 4 heteroatoms. The normalized spacial score (nSPS) is 15.3. The van der Waals surface area contributed by atoms with Gasteiger partial charge in [-0.25, -0.2) is 0 Å². The van der Waals surface area contributed by atoms with Gasteiger partial charge in [-0.05, 0) is 26.3 Å². The van der Waals surface area contributed by atoms with Crippen molar-refractivity contribution in [1.82, 2.24) is 5.32 Å². The Balaban J connectivity index is 3.55. The molecule has 0 aromatic heterocycles. The number of carboxylic acids is 1. The molecule has 0 radical (unpaired) electrons. The van der Waals surface area contributed by atoms with Crippen molar-refractivity contribution in [3.8, 4) is 0 Å². The Hall–Kier alpha value is -0.610. The average molecular weight is 189 g/mol. The molecule has 4 nitrogen and oxygen atoms in total. The van der Waals surface area contributed by atoms with E-state index in [1.165, 1.54) is 0 Å². The molecule has 0 saturated heterocycles. The van der Waals surface area contributed by atoms with Gasteiger partial charge >= 0.3 is 5.97 Å². The molecule has 13 heavy (non-hydrogen) atoms. The zero-order valence-corrected chi connectivity index (χ0v) is 8.34. The van der Waals surface area contributed by atoms with Crippen molar-refractivity contribution >= 4 is 5.97 Å². The summed E-state index contributed by atoms with van der Waals surface area (Å²) in [6, 6.07) is 0. The van der Waals surface area contributed by atoms with Crippen molar-refractivity contribution in [3.63, 3.8) is 0 Å². The number of carbonyl (C=O) groups is 1. The molecular weight excluding hydrogens is 170 g/mol. The first kappa shape index (κ1) is 12.4. The van der Waals surface area contributed by atoms with E-state index >= 15 is 0 Å². The van der Waals surface area contributed by atoms with Gasteiger partial charge in [0.25, 0.3) is 0 Å². The summed E-state index contributed by atoms with van der Waals surface area (Å²) in [6.07, 6.45) is 1.61. The summed E-state index contributed by atoms with van der Waals surface area (Å²) in [6.45, 7) is 4.63. The third kappa shape index (κ3) is 5.60. The first-order chi connectivity index (χ1) is 6.04. The van der Waals surface area contributed by atoms with E-state index in [1.807, 2.05) is 13.8 Å². The summed E-state index contributed by atoms with van der Waals surface area (Å²) in [5, 5.41) is 20.5. The molecule has 0 saturated carbocycles. The highest BCUT2D eigenvalue weighted by atomic mass is 16.4. The van der Waals surface area contributed by atoms with Crippen LogP contribution in [0.4, 0.5) is 0 Å². The van der Waals surface area contributed by atoms with Crippen molar-refractivity contribution in [3.05, 3.63) is 0 Å². The molecule has 0 aliphatic carbocycles. The highest BCUT2D eigenvalue weighted by Crippen LogP contribution is 2.07. The standard InChI is InChI=1S/C9H19NO3/c1-3-9(2,7-11)10-6-4-5-8(12)13/h10-11H,3-7H2,1-2H3,(H,12,13). The Morgan fingerprint density at radius 2 is 2.15 bits per heavy atom. The van der Waals surface area contributed by atoms with Crippen LogP contribution in [0.15, 0.2) is 0 Å². The van der Waals surface area contributed by atoms with Gasteiger partial charge in [-0.15, -0.1) is 0 Å². The van der Waals surface area contributed by atoms with Crippen molar-refractivity contribution < 1.29 is 15.0 Å². The fourth-order valence-electron chi connectivity index (χ4n) is 0.922. The van der Waals surface area contributed by atoms with Gasteiger partial charge in [-0.3, -0.25) is 4.79 Å². The summed E-state index contributed by atoms with van der Waals surface area (Å²) in [7, 11) is 0. The van der Waals surface area contributed by atoms with E-state index in [1.54, 1.807) is 0 Å². The van der Waals surface area contributed by atoms with E-state index in [2.05, 4.69) is 5.32 Å². The molecule has 1 unspecified atom stereocenters. The maximum Gasteiger partial charge on any atom is 0.303 e. The Kier molecular flexibility index (Phi) is 5.66. The monoisotopic (exact) mass is 189 g/mol. The van der Waals surface area contributed by atoms with Crippen molar-refractivity contribution in [2.45, 2.75) is 38.6 Å². The maximum atomic E-state index is 10.2. The first-order valence-corrected chi connectivity index (χ1v) is 4.62. The third-order valence-electron chi connectivity index (χ3n) is 2.25. The molecule has 0 aliphatic rings. The average Bonchev–Trinajstić information content (AvgIpc) is 2.12. The lowest BCUT2D eigenvalue weighted by Crippen LogP contribution is -2.45. The molecule has 0 spiro atoms. The SMILES string of the molecule is CCC(C)(CO)NCCCC(=O)O. The van der Waals surface area contributed by atoms with Crippen LogP contribution in [0.3, 0.4) is 0 Å². The fourth-order valence-corrected chi connectivity index (χ4v) is 0.922. The van der Waals surface area contributed by atoms with Gasteiger partial charge < -0.3 is 15.5 Å². The summed E-state index contributed by atoms with van der Waals surface area (Å²) in [5.41, 5.74) is -0.265. The van der Waals surface area contributed by atoms with Crippen LogP contribution in [0.2, 0.25) is 0 Å². The zero-order valence-electron chi connectivity index (χ0n) is 8.34. The van der Waals surface area contributed by atoms with Gasteiger partial charge in [0, 0.05) is 12.0 Å². The highest BCUT2D eigenvalue weighted by molar-refractivity contribution is 5.66. The molecular formula is C9H19NO3. The Morgan fingerprint density at radius 3 is 2.54 bits per heavy atom. The van der Waals surface area contributed by atoms with Crippen LogP contribution in [0, 0.1) is 0 Å². The quantitative estimate of drug-likeness (QED) is 0.513. The number of carboxylic acid groups (broad SMARTS) is 1. The second-order valence-electron chi connectivity index (χ2n) is 3.50. The molecule has 0 aromatic rings. The van der Waals surface area contributed by atoms with Crippen LogP contribution in [-0.4, -0.2) is 34.9 Å². The summed E-state index contributed by atoms with van der Waals surface area (Å²) in [5.74, 6) is -0.774. The molecule has 0 bridgehead atoms. The van der Waals surface area contributed by atoms with Gasteiger partial charge in [-0.1, -0.05) is 6.92 Å². The van der Waals surface area contributed by atoms with E-state index < -0.39 is 5.97 Å². The van der Waals surface area contributed by atoms with Crippen LogP contribution >= 0.6 is 0 Å². The Labute approximate surface area is 79.0 Å². The molecule has 78 valence electrons. The summed E-state index contributed by atoms with van der Waals surface area (Å²) < 4.78 is 0.